The van der Waals surface area contributed by atoms with Gasteiger partial charge in [0.15, 0.2) is 0 Å². The largest absolute Gasteiger partial charge is 0.337 e. The van der Waals surface area contributed by atoms with Crippen molar-refractivity contribution in [2.45, 2.75) is 38.8 Å². The fourth-order valence-electron chi connectivity index (χ4n) is 5.01. The molecule has 5 nitrogen and oxygen atoms in total. The Kier molecular flexibility index (Phi) is 7.23. The Balaban J connectivity index is 1.48. The van der Waals surface area contributed by atoms with Crippen LogP contribution in [0.4, 0.5) is 4.39 Å². The lowest BCUT2D eigenvalue weighted by Crippen LogP contribution is -2.47. The molecule has 0 saturated carbocycles. The molecule has 0 bridgehead atoms. The van der Waals surface area contributed by atoms with E-state index < -0.39 is 0 Å². The average molecular weight is 449 g/mol. The number of nitrogens with zero attached hydrogens (tertiary/aromatic N) is 4. The fraction of sp³-hybridized carbons (Fsp3) is 0.407. The highest BCUT2D eigenvalue weighted by Gasteiger charge is 2.32. The molecule has 1 saturated heterocycles. The van der Waals surface area contributed by atoms with Crippen LogP contribution in [0.3, 0.4) is 0 Å². The van der Waals surface area contributed by atoms with Crippen molar-refractivity contribution in [3.05, 3.63) is 89.0 Å². The lowest BCUT2D eigenvalue weighted by Gasteiger charge is -2.40. The molecule has 0 unspecified atom stereocenters. The summed E-state index contributed by atoms with van der Waals surface area (Å²) in [6.07, 6.45) is 2.85. The minimum Gasteiger partial charge on any atom is -0.337 e. The second-order valence-corrected chi connectivity index (χ2v) is 9.21. The molecule has 6 heteroatoms. The molecule has 1 aromatic heterocycles. The first-order valence-corrected chi connectivity index (χ1v) is 11.7. The van der Waals surface area contributed by atoms with Crippen molar-refractivity contribution in [2.75, 3.05) is 20.1 Å². The van der Waals surface area contributed by atoms with Gasteiger partial charge in [-0.05, 0) is 74.5 Å². The molecule has 1 aliphatic rings. The summed E-state index contributed by atoms with van der Waals surface area (Å²) in [4.78, 5) is 17.7. The van der Waals surface area contributed by atoms with Crippen LogP contribution in [0, 0.1) is 18.7 Å². The van der Waals surface area contributed by atoms with Crippen LogP contribution in [-0.4, -0.2) is 51.7 Å². The third-order valence-corrected chi connectivity index (χ3v) is 6.80. The Hall–Kier alpha value is -2.99. The number of likely N-dealkylation sites (tertiary alicyclic amines) is 1. The third-order valence-electron chi connectivity index (χ3n) is 6.80. The number of carbonyl (C=O) groups is 1. The van der Waals surface area contributed by atoms with Crippen molar-refractivity contribution >= 4 is 5.91 Å². The maximum Gasteiger partial charge on any atom is 0.272 e. The van der Waals surface area contributed by atoms with E-state index in [-0.39, 0.29) is 17.8 Å². The summed E-state index contributed by atoms with van der Waals surface area (Å²) in [6, 6.07) is 19.2. The van der Waals surface area contributed by atoms with Crippen molar-refractivity contribution in [3.63, 3.8) is 0 Å². The summed E-state index contributed by atoms with van der Waals surface area (Å²) in [6.45, 7) is 4.56. The average Bonchev–Trinajstić information content (AvgIpc) is 3.15. The number of likely N-dealkylation sites (N-methyl/N-ethyl adjacent to an activating group) is 1. The van der Waals surface area contributed by atoms with E-state index in [1.54, 1.807) is 16.8 Å². The van der Waals surface area contributed by atoms with Gasteiger partial charge in [-0.15, -0.1) is 0 Å². The number of benzene rings is 2. The number of aryl methyl sites for hydroxylation is 2. The minimum absolute atomic E-state index is 0.0150. The van der Waals surface area contributed by atoms with Crippen LogP contribution in [0.5, 0.6) is 0 Å². The van der Waals surface area contributed by atoms with Crippen LogP contribution in [0.2, 0.25) is 0 Å². The Morgan fingerprint density at radius 2 is 1.79 bits per heavy atom. The smallest absolute Gasteiger partial charge is 0.272 e. The number of carbonyl (C=O) groups excluding carboxylic acids is 1. The molecule has 1 atom stereocenters. The second-order valence-electron chi connectivity index (χ2n) is 9.21. The van der Waals surface area contributed by atoms with Crippen LogP contribution >= 0.6 is 0 Å². The molecule has 0 spiro atoms. The Labute approximate surface area is 195 Å². The van der Waals surface area contributed by atoms with Gasteiger partial charge in [0.05, 0.1) is 5.69 Å². The van der Waals surface area contributed by atoms with Gasteiger partial charge in [-0.25, -0.2) is 4.39 Å². The first kappa shape index (κ1) is 23.2. The molecule has 1 aliphatic heterocycles. The predicted molar refractivity (Wildman–Crippen MR) is 128 cm³/mol. The van der Waals surface area contributed by atoms with E-state index in [0.29, 0.717) is 11.6 Å². The van der Waals surface area contributed by atoms with Crippen LogP contribution in [0.25, 0.3) is 0 Å². The lowest BCUT2D eigenvalue weighted by atomic mass is 9.84. The van der Waals surface area contributed by atoms with Crippen molar-refractivity contribution < 1.29 is 9.18 Å². The van der Waals surface area contributed by atoms with E-state index in [2.05, 4.69) is 34.3 Å². The molecule has 2 heterocycles. The molecule has 0 aliphatic carbocycles. The normalized spacial score (nSPS) is 16.0. The van der Waals surface area contributed by atoms with Crippen LogP contribution in [0.15, 0.2) is 60.7 Å². The number of hydrogen-bond acceptors (Lipinski definition) is 3. The van der Waals surface area contributed by atoms with Crippen molar-refractivity contribution in [3.8, 4) is 0 Å². The standard InChI is InChI=1S/C27H33FN4O/c1-20-16-26(31(3)29-20)27(33)30(2)25(18-21-8-5-4-6-9-21)23-12-14-32(15-13-23)19-22-10-7-11-24(28)17-22/h4-11,16-17,23,25H,12-15,18-19H2,1-3H3/t25-/m1/s1. The van der Waals surface area contributed by atoms with Gasteiger partial charge in [0.25, 0.3) is 5.91 Å². The zero-order valence-electron chi connectivity index (χ0n) is 19.7. The molecule has 3 aromatic rings. The number of hydrogen-bond donors (Lipinski definition) is 0. The Morgan fingerprint density at radius 1 is 1.09 bits per heavy atom. The van der Waals surface area contributed by atoms with E-state index in [1.165, 1.54) is 11.6 Å². The molecule has 4 rings (SSSR count). The molecular formula is C27H33FN4O. The maximum absolute atomic E-state index is 13.6. The van der Waals surface area contributed by atoms with Gasteiger partial charge in [0, 0.05) is 26.7 Å². The van der Waals surface area contributed by atoms with Gasteiger partial charge in [-0.3, -0.25) is 14.4 Å². The van der Waals surface area contributed by atoms with Gasteiger partial charge >= 0.3 is 0 Å². The van der Waals surface area contributed by atoms with Gasteiger partial charge in [-0.2, -0.15) is 5.10 Å². The summed E-state index contributed by atoms with van der Waals surface area (Å²) < 4.78 is 15.2. The van der Waals surface area contributed by atoms with Crippen LogP contribution in [0.1, 0.15) is 40.2 Å². The quantitative estimate of drug-likeness (QED) is 0.536. The molecule has 1 amide bonds. The van der Waals surface area contributed by atoms with E-state index >= 15 is 0 Å². The Bertz CT molecular complexity index is 1070. The topological polar surface area (TPSA) is 41.4 Å². The number of aromatic nitrogens is 2. The molecule has 0 radical (unpaired) electrons. The lowest BCUT2D eigenvalue weighted by molar-refractivity contribution is 0.0575. The first-order valence-electron chi connectivity index (χ1n) is 11.7. The molecular weight excluding hydrogens is 415 g/mol. The summed E-state index contributed by atoms with van der Waals surface area (Å²) in [5, 5.41) is 4.36. The molecule has 2 aromatic carbocycles. The van der Waals surface area contributed by atoms with E-state index in [0.717, 1.165) is 50.2 Å². The van der Waals surface area contributed by atoms with Crippen LogP contribution in [-0.2, 0) is 20.0 Å². The van der Waals surface area contributed by atoms with E-state index in [1.807, 2.05) is 44.1 Å². The third kappa shape index (κ3) is 5.69. The van der Waals surface area contributed by atoms with Crippen LogP contribution < -0.4 is 0 Å². The van der Waals surface area contributed by atoms with E-state index in [4.69, 9.17) is 0 Å². The van der Waals surface area contributed by atoms with Gasteiger partial charge in [0.1, 0.15) is 11.5 Å². The highest BCUT2D eigenvalue weighted by molar-refractivity contribution is 5.92. The highest BCUT2D eigenvalue weighted by atomic mass is 19.1. The van der Waals surface area contributed by atoms with Gasteiger partial charge in [0.2, 0.25) is 0 Å². The number of amides is 1. The molecule has 1 fully saturated rings. The monoisotopic (exact) mass is 448 g/mol. The van der Waals surface area contributed by atoms with Gasteiger partial charge < -0.3 is 4.90 Å². The van der Waals surface area contributed by atoms with Crippen molar-refractivity contribution in [1.29, 1.82) is 0 Å². The van der Waals surface area contributed by atoms with Crippen molar-refractivity contribution in [1.82, 2.24) is 19.6 Å². The molecule has 174 valence electrons. The SMILES string of the molecule is Cc1cc(C(=O)N(C)[C@H](Cc2ccccc2)C2CCN(Cc3cccc(F)c3)CC2)n(C)n1. The predicted octanol–water partition coefficient (Wildman–Crippen LogP) is 4.46. The summed E-state index contributed by atoms with van der Waals surface area (Å²) in [7, 11) is 3.75. The number of piperidine rings is 1. The fourth-order valence-corrected chi connectivity index (χ4v) is 5.01. The summed E-state index contributed by atoms with van der Waals surface area (Å²) in [5.41, 5.74) is 3.72. The Morgan fingerprint density at radius 3 is 2.42 bits per heavy atom. The number of halogens is 1. The first-order chi connectivity index (χ1) is 15.9. The molecule has 0 N–H and O–H groups in total. The second kappa shape index (κ2) is 10.3. The summed E-state index contributed by atoms with van der Waals surface area (Å²) >= 11 is 0. The maximum atomic E-state index is 13.6. The highest BCUT2D eigenvalue weighted by Crippen LogP contribution is 2.28. The van der Waals surface area contributed by atoms with Gasteiger partial charge in [-0.1, -0.05) is 42.5 Å². The zero-order valence-corrected chi connectivity index (χ0v) is 19.7. The molecule has 33 heavy (non-hydrogen) atoms. The number of rotatable bonds is 7. The minimum atomic E-state index is -0.184. The van der Waals surface area contributed by atoms with E-state index in [9.17, 15) is 9.18 Å². The summed E-state index contributed by atoms with van der Waals surface area (Å²) in [5.74, 6) is 0.231. The van der Waals surface area contributed by atoms with Crippen molar-refractivity contribution in [2.24, 2.45) is 13.0 Å². The zero-order chi connectivity index (χ0) is 23.4.